The summed E-state index contributed by atoms with van der Waals surface area (Å²) in [7, 11) is 0. The highest BCUT2D eigenvalue weighted by molar-refractivity contribution is 5.69. The van der Waals surface area contributed by atoms with Gasteiger partial charge in [-0.2, -0.15) is 27.1 Å². The van der Waals surface area contributed by atoms with Gasteiger partial charge in [-0.05, 0) is 19.1 Å². The normalized spacial score (nSPS) is 11.3. The van der Waals surface area contributed by atoms with Crippen molar-refractivity contribution < 1.29 is 31.5 Å². The number of hydrogen-bond donors (Lipinski definition) is 0. The van der Waals surface area contributed by atoms with Gasteiger partial charge >= 0.3 is 12.1 Å². The van der Waals surface area contributed by atoms with Gasteiger partial charge in [0.05, 0.1) is 6.61 Å². The first-order valence-electron chi connectivity index (χ1n) is 5.48. The molecule has 1 heterocycles. The SMILES string of the molecule is Cc1cc(C(F)(F)F)nn1CC(=O)OCCC=C(F)F. The molecule has 0 atom stereocenters. The monoisotopic (exact) mass is 298 g/mol. The average Bonchev–Trinajstić information content (AvgIpc) is 2.66. The van der Waals surface area contributed by atoms with Gasteiger partial charge in [0.25, 0.3) is 6.08 Å². The molecule has 0 saturated carbocycles. The Balaban J connectivity index is 2.54. The van der Waals surface area contributed by atoms with Crippen molar-refractivity contribution in [3.8, 4) is 0 Å². The molecule has 1 rings (SSSR count). The van der Waals surface area contributed by atoms with Gasteiger partial charge in [0.2, 0.25) is 0 Å². The molecule has 0 radical (unpaired) electrons. The van der Waals surface area contributed by atoms with E-state index in [1.54, 1.807) is 0 Å². The topological polar surface area (TPSA) is 44.1 Å². The van der Waals surface area contributed by atoms with E-state index in [0.29, 0.717) is 6.08 Å². The summed E-state index contributed by atoms with van der Waals surface area (Å²) in [5, 5.41) is 3.24. The number of hydrogen-bond acceptors (Lipinski definition) is 3. The summed E-state index contributed by atoms with van der Waals surface area (Å²) in [6.07, 6.45) is -6.07. The van der Waals surface area contributed by atoms with Crippen LogP contribution in [0.4, 0.5) is 22.0 Å². The van der Waals surface area contributed by atoms with Crippen LogP contribution in [0.1, 0.15) is 17.8 Å². The average molecular weight is 298 g/mol. The molecule has 0 aliphatic rings. The Labute approximate surface area is 110 Å². The first kappa shape index (κ1) is 16.1. The van der Waals surface area contributed by atoms with Crippen molar-refractivity contribution in [3.05, 3.63) is 29.6 Å². The Hall–Kier alpha value is -1.93. The lowest BCUT2D eigenvalue weighted by Gasteiger charge is -2.05. The summed E-state index contributed by atoms with van der Waals surface area (Å²) < 4.78 is 65.9. The Bertz CT molecular complexity index is 503. The lowest BCUT2D eigenvalue weighted by Crippen LogP contribution is -2.17. The maximum atomic E-state index is 12.4. The Morgan fingerprint density at radius 2 is 2.10 bits per heavy atom. The second-order valence-corrected chi connectivity index (χ2v) is 3.83. The number of rotatable bonds is 5. The van der Waals surface area contributed by atoms with Gasteiger partial charge in [-0.3, -0.25) is 9.48 Å². The van der Waals surface area contributed by atoms with Gasteiger partial charge in [-0.1, -0.05) is 0 Å². The predicted molar refractivity (Wildman–Crippen MR) is 57.8 cm³/mol. The van der Waals surface area contributed by atoms with Crippen molar-refractivity contribution in [2.75, 3.05) is 6.61 Å². The van der Waals surface area contributed by atoms with Gasteiger partial charge < -0.3 is 4.74 Å². The fraction of sp³-hybridized carbons (Fsp3) is 0.455. The van der Waals surface area contributed by atoms with Crippen molar-refractivity contribution in [1.82, 2.24) is 9.78 Å². The molecule has 0 saturated heterocycles. The van der Waals surface area contributed by atoms with Crippen LogP contribution in [-0.4, -0.2) is 22.4 Å². The van der Waals surface area contributed by atoms with E-state index in [2.05, 4.69) is 9.84 Å². The number of alkyl halides is 3. The summed E-state index contributed by atoms with van der Waals surface area (Å²) in [4.78, 5) is 11.3. The van der Waals surface area contributed by atoms with E-state index < -0.39 is 30.5 Å². The summed E-state index contributed by atoms with van der Waals surface area (Å²) in [6, 6.07) is 0.800. The van der Waals surface area contributed by atoms with E-state index in [9.17, 15) is 26.7 Å². The predicted octanol–water partition coefficient (Wildman–Crippen LogP) is 2.92. The highest BCUT2D eigenvalue weighted by Crippen LogP contribution is 2.28. The molecule has 0 aromatic carbocycles. The van der Waals surface area contributed by atoms with Crippen molar-refractivity contribution >= 4 is 5.97 Å². The molecular formula is C11H11F5N2O2. The molecule has 0 aliphatic heterocycles. The minimum atomic E-state index is -4.59. The molecule has 4 nitrogen and oxygen atoms in total. The highest BCUT2D eigenvalue weighted by Gasteiger charge is 2.34. The largest absolute Gasteiger partial charge is 0.464 e. The number of nitrogens with zero attached hydrogens (tertiary/aromatic N) is 2. The molecule has 1 aromatic heterocycles. The van der Waals surface area contributed by atoms with Crippen LogP contribution < -0.4 is 0 Å². The van der Waals surface area contributed by atoms with E-state index in [1.165, 1.54) is 6.92 Å². The lowest BCUT2D eigenvalue weighted by molar-refractivity contribution is -0.146. The third kappa shape index (κ3) is 4.98. The summed E-state index contributed by atoms with van der Waals surface area (Å²) >= 11 is 0. The fourth-order valence-electron chi connectivity index (χ4n) is 1.32. The second kappa shape index (κ2) is 6.49. The molecule has 20 heavy (non-hydrogen) atoms. The number of ether oxygens (including phenoxy) is 1. The Morgan fingerprint density at radius 3 is 2.60 bits per heavy atom. The number of carbonyl (C=O) groups is 1. The fourth-order valence-corrected chi connectivity index (χ4v) is 1.32. The van der Waals surface area contributed by atoms with Crippen molar-refractivity contribution in [1.29, 1.82) is 0 Å². The molecule has 0 spiro atoms. The van der Waals surface area contributed by atoms with Crippen molar-refractivity contribution in [2.45, 2.75) is 26.1 Å². The maximum Gasteiger partial charge on any atom is 0.435 e. The second-order valence-electron chi connectivity index (χ2n) is 3.83. The van der Waals surface area contributed by atoms with Crippen LogP contribution in [0, 0.1) is 6.92 Å². The van der Waals surface area contributed by atoms with Crippen LogP contribution in [0.15, 0.2) is 18.2 Å². The van der Waals surface area contributed by atoms with Crippen LogP contribution in [0.2, 0.25) is 0 Å². The standard InChI is InChI=1S/C11H11F5N2O2/c1-7-5-8(11(14,15)16)17-18(7)6-10(19)20-4-2-3-9(12)13/h3,5H,2,4,6H2,1H3. The van der Waals surface area contributed by atoms with E-state index in [4.69, 9.17) is 0 Å². The minimum Gasteiger partial charge on any atom is -0.464 e. The Morgan fingerprint density at radius 1 is 1.45 bits per heavy atom. The molecule has 0 fully saturated rings. The van der Waals surface area contributed by atoms with Gasteiger partial charge in [-0.25, -0.2) is 0 Å². The first-order chi connectivity index (χ1) is 9.20. The summed E-state index contributed by atoms with van der Waals surface area (Å²) in [5.74, 6) is -0.849. The first-order valence-corrected chi connectivity index (χ1v) is 5.48. The molecule has 0 unspecified atom stereocenters. The molecule has 0 bridgehead atoms. The number of aromatic nitrogens is 2. The highest BCUT2D eigenvalue weighted by atomic mass is 19.4. The van der Waals surface area contributed by atoms with Crippen molar-refractivity contribution in [2.24, 2.45) is 0 Å². The van der Waals surface area contributed by atoms with Crippen LogP contribution in [-0.2, 0) is 22.3 Å². The van der Waals surface area contributed by atoms with E-state index in [0.717, 1.165) is 10.7 Å². The zero-order valence-electron chi connectivity index (χ0n) is 10.4. The van der Waals surface area contributed by atoms with Crippen LogP contribution >= 0.6 is 0 Å². The van der Waals surface area contributed by atoms with Crippen molar-refractivity contribution in [3.63, 3.8) is 0 Å². The number of aryl methyl sites for hydroxylation is 1. The third-order valence-electron chi connectivity index (χ3n) is 2.23. The maximum absolute atomic E-state index is 12.4. The lowest BCUT2D eigenvalue weighted by atomic mass is 10.4. The van der Waals surface area contributed by atoms with E-state index >= 15 is 0 Å². The molecular weight excluding hydrogens is 287 g/mol. The number of carbonyl (C=O) groups excluding carboxylic acids is 1. The molecule has 1 aromatic rings. The minimum absolute atomic E-state index is 0.143. The summed E-state index contributed by atoms with van der Waals surface area (Å²) in [6.45, 7) is 0.573. The molecule has 0 N–H and O–H groups in total. The summed E-state index contributed by atoms with van der Waals surface area (Å²) in [5.41, 5.74) is -0.964. The number of esters is 1. The molecule has 112 valence electrons. The molecule has 0 aliphatic carbocycles. The van der Waals surface area contributed by atoms with Gasteiger partial charge in [0, 0.05) is 12.1 Å². The van der Waals surface area contributed by atoms with E-state index in [1.807, 2.05) is 0 Å². The van der Waals surface area contributed by atoms with Gasteiger partial charge in [-0.15, -0.1) is 0 Å². The zero-order chi connectivity index (χ0) is 15.3. The Kier molecular flexibility index (Phi) is 5.23. The van der Waals surface area contributed by atoms with Crippen LogP contribution in [0.25, 0.3) is 0 Å². The third-order valence-corrected chi connectivity index (χ3v) is 2.23. The van der Waals surface area contributed by atoms with E-state index in [-0.39, 0.29) is 18.7 Å². The number of halogens is 5. The van der Waals surface area contributed by atoms with Gasteiger partial charge in [0.15, 0.2) is 5.69 Å². The molecule has 9 heteroatoms. The van der Waals surface area contributed by atoms with Crippen LogP contribution in [0.3, 0.4) is 0 Å². The van der Waals surface area contributed by atoms with Crippen LogP contribution in [0.5, 0.6) is 0 Å². The zero-order valence-corrected chi connectivity index (χ0v) is 10.4. The van der Waals surface area contributed by atoms with Gasteiger partial charge in [0.1, 0.15) is 6.54 Å². The quantitative estimate of drug-likeness (QED) is 0.477. The smallest absolute Gasteiger partial charge is 0.435 e. The molecule has 0 amide bonds.